The van der Waals surface area contributed by atoms with Crippen molar-refractivity contribution >= 4 is 21.6 Å². The fraction of sp³-hybridized carbons (Fsp3) is 0.545. The first kappa shape index (κ1) is 13.7. The second kappa shape index (κ2) is 5.97. The summed E-state index contributed by atoms with van der Waals surface area (Å²) in [7, 11) is -3.54. The van der Waals surface area contributed by atoms with Gasteiger partial charge >= 0.3 is 0 Å². The summed E-state index contributed by atoms with van der Waals surface area (Å²) >= 11 is 5.67. The van der Waals surface area contributed by atoms with E-state index in [4.69, 9.17) is 16.3 Å². The molecule has 1 fully saturated rings. The van der Waals surface area contributed by atoms with Crippen molar-refractivity contribution < 1.29 is 13.2 Å². The molecule has 1 aromatic rings. The highest BCUT2D eigenvalue weighted by atomic mass is 35.5. The maximum atomic E-state index is 12.0. The van der Waals surface area contributed by atoms with Gasteiger partial charge in [0.1, 0.15) is 5.15 Å². The van der Waals surface area contributed by atoms with Crippen molar-refractivity contribution in [3.8, 4) is 0 Å². The summed E-state index contributed by atoms with van der Waals surface area (Å²) in [5.74, 6) is 0. The molecular weight excluding hydrogens is 276 g/mol. The number of ether oxygens (including phenoxy) is 1. The van der Waals surface area contributed by atoms with Gasteiger partial charge in [-0.15, -0.1) is 0 Å². The van der Waals surface area contributed by atoms with Gasteiger partial charge in [-0.2, -0.15) is 0 Å². The third kappa shape index (κ3) is 3.65. The summed E-state index contributed by atoms with van der Waals surface area (Å²) in [6.45, 7) is 0.996. The van der Waals surface area contributed by atoms with Crippen LogP contribution in [0.4, 0.5) is 0 Å². The molecule has 1 N–H and O–H groups in total. The number of rotatable bonds is 4. The molecule has 0 aromatic carbocycles. The number of hydrogen-bond acceptors (Lipinski definition) is 4. The van der Waals surface area contributed by atoms with E-state index in [0.717, 1.165) is 19.3 Å². The molecule has 1 aliphatic rings. The molecule has 2 rings (SSSR count). The molecule has 1 saturated heterocycles. The minimum absolute atomic E-state index is 0.0363. The van der Waals surface area contributed by atoms with Crippen LogP contribution in [0.2, 0.25) is 5.15 Å². The molecule has 5 nitrogen and oxygen atoms in total. The predicted octanol–water partition coefficient (Wildman–Crippen LogP) is 1.58. The summed E-state index contributed by atoms with van der Waals surface area (Å²) in [6.07, 6.45) is 4.34. The van der Waals surface area contributed by atoms with Gasteiger partial charge in [-0.3, -0.25) is 0 Å². The van der Waals surface area contributed by atoms with Crippen molar-refractivity contribution in [3.05, 3.63) is 23.5 Å². The van der Waals surface area contributed by atoms with Crippen molar-refractivity contribution in [2.24, 2.45) is 0 Å². The maximum Gasteiger partial charge on any atom is 0.240 e. The molecule has 100 valence electrons. The van der Waals surface area contributed by atoms with Crippen LogP contribution < -0.4 is 4.72 Å². The Kier molecular flexibility index (Phi) is 4.55. The van der Waals surface area contributed by atoms with Crippen LogP contribution in [-0.4, -0.2) is 32.7 Å². The fourth-order valence-corrected chi connectivity index (χ4v) is 3.12. The monoisotopic (exact) mass is 290 g/mol. The number of halogens is 1. The first-order chi connectivity index (χ1) is 8.58. The Balaban J connectivity index is 1.98. The molecule has 7 heteroatoms. The Labute approximate surface area is 112 Å². The lowest BCUT2D eigenvalue weighted by Gasteiger charge is -2.22. The minimum atomic E-state index is -3.54. The molecule has 0 amide bonds. The Morgan fingerprint density at radius 2 is 2.33 bits per heavy atom. The van der Waals surface area contributed by atoms with Gasteiger partial charge in [0.05, 0.1) is 11.0 Å². The van der Waals surface area contributed by atoms with E-state index in [2.05, 4.69) is 9.71 Å². The second-order valence-electron chi connectivity index (χ2n) is 4.15. The van der Waals surface area contributed by atoms with E-state index in [9.17, 15) is 8.42 Å². The van der Waals surface area contributed by atoms with Crippen molar-refractivity contribution in [2.45, 2.75) is 30.3 Å². The summed E-state index contributed by atoms with van der Waals surface area (Å²) in [5, 5.41) is 0.159. The quantitative estimate of drug-likeness (QED) is 0.855. The molecular formula is C11H15ClN2O3S. The van der Waals surface area contributed by atoms with Crippen LogP contribution >= 0.6 is 11.6 Å². The van der Waals surface area contributed by atoms with Crippen LogP contribution in [0.3, 0.4) is 0 Å². The van der Waals surface area contributed by atoms with Gasteiger partial charge in [0.25, 0.3) is 0 Å². The Morgan fingerprint density at radius 1 is 1.50 bits per heavy atom. The van der Waals surface area contributed by atoms with Crippen molar-refractivity contribution in [1.82, 2.24) is 9.71 Å². The first-order valence-electron chi connectivity index (χ1n) is 5.81. The van der Waals surface area contributed by atoms with E-state index in [-0.39, 0.29) is 16.2 Å². The zero-order chi connectivity index (χ0) is 13.0. The van der Waals surface area contributed by atoms with Gasteiger partial charge in [-0.1, -0.05) is 11.6 Å². The second-order valence-corrected chi connectivity index (χ2v) is 6.31. The van der Waals surface area contributed by atoms with Gasteiger partial charge in [0, 0.05) is 19.3 Å². The van der Waals surface area contributed by atoms with Gasteiger partial charge in [-0.25, -0.2) is 18.1 Å². The molecule has 1 aliphatic heterocycles. The predicted molar refractivity (Wildman–Crippen MR) is 68.0 cm³/mol. The number of aromatic nitrogens is 1. The lowest BCUT2D eigenvalue weighted by Crippen LogP contribution is -2.35. The highest BCUT2D eigenvalue weighted by Gasteiger charge is 2.19. The molecule has 0 spiro atoms. The highest BCUT2D eigenvalue weighted by Crippen LogP contribution is 2.15. The minimum Gasteiger partial charge on any atom is -0.377 e. The van der Waals surface area contributed by atoms with Gasteiger partial charge in [0.15, 0.2) is 0 Å². The summed E-state index contributed by atoms with van der Waals surface area (Å²) in [5.41, 5.74) is 0. The van der Waals surface area contributed by atoms with E-state index >= 15 is 0 Å². The van der Waals surface area contributed by atoms with Gasteiger partial charge < -0.3 is 4.74 Å². The molecule has 0 bridgehead atoms. The lowest BCUT2D eigenvalue weighted by molar-refractivity contribution is 0.0200. The molecule has 0 saturated carbocycles. The average molecular weight is 291 g/mol. The largest absolute Gasteiger partial charge is 0.377 e. The van der Waals surface area contributed by atoms with Crippen LogP contribution in [0, 0.1) is 0 Å². The van der Waals surface area contributed by atoms with Crippen molar-refractivity contribution in [1.29, 1.82) is 0 Å². The summed E-state index contributed by atoms with van der Waals surface area (Å²) < 4.78 is 31.9. The van der Waals surface area contributed by atoms with Crippen LogP contribution in [0.25, 0.3) is 0 Å². The van der Waals surface area contributed by atoms with Crippen LogP contribution in [0.15, 0.2) is 23.2 Å². The van der Waals surface area contributed by atoms with Crippen LogP contribution in [0.5, 0.6) is 0 Å². The zero-order valence-corrected chi connectivity index (χ0v) is 11.4. The molecule has 2 heterocycles. The van der Waals surface area contributed by atoms with Gasteiger partial charge in [0.2, 0.25) is 10.0 Å². The Morgan fingerprint density at radius 3 is 3.00 bits per heavy atom. The van der Waals surface area contributed by atoms with Crippen LogP contribution in [-0.2, 0) is 14.8 Å². The number of hydrogen-bond donors (Lipinski definition) is 1. The molecule has 1 atom stereocenters. The standard InChI is InChI=1S/C11H15ClN2O3S/c12-11-7-10(4-5-13-11)18(15,16)14-8-9-3-1-2-6-17-9/h4-5,7,9,14H,1-3,6,8H2. The molecule has 0 radical (unpaired) electrons. The van der Waals surface area contributed by atoms with E-state index in [1.165, 1.54) is 18.3 Å². The number of pyridine rings is 1. The van der Waals surface area contributed by atoms with E-state index < -0.39 is 10.0 Å². The van der Waals surface area contributed by atoms with E-state index in [0.29, 0.717) is 13.2 Å². The third-order valence-corrected chi connectivity index (χ3v) is 4.41. The Bertz CT molecular complexity index is 501. The normalized spacial score (nSPS) is 20.8. The summed E-state index contributed by atoms with van der Waals surface area (Å²) in [6, 6.07) is 2.74. The van der Waals surface area contributed by atoms with E-state index in [1.54, 1.807) is 0 Å². The lowest BCUT2D eigenvalue weighted by atomic mass is 10.1. The Hall–Kier alpha value is -0.690. The number of nitrogens with zero attached hydrogens (tertiary/aromatic N) is 1. The molecule has 18 heavy (non-hydrogen) atoms. The maximum absolute atomic E-state index is 12.0. The fourth-order valence-electron chi connectivity index (χ4n) is 1.81. The first-order valence-corrected chi connectivity index (χ1v) is 7.67. The van der Waals surface area contributed by atoms with E-state index in [1.807, 2.05) is 0 Å². The van der Waals surface area contributed by atoms with Crippen molar-refractivity contribution in [2.75, 3.05) is 13.2 Å². The molecule has 1 aromatic heterocycles. The number of nitrogens with one attached hydrogen (secondary N) is 1. The smallest absolute Gasteiger partial charge is 0.240 e. The van der Waals surface area contributed by atoms with Crippen LogP contribution in [0.1, 0.15) is 19.3 Å². The highest BCUT2D eigenvalue weighted by molar-refractivity contribution is 7.89. The number of sulfonamides is 1. The molecule has 1 unspecified atom stereocenters. The average Bonchev–Trinajstić information content (AvgIpc) is 2.38. The topological polar surface area (TPSA) is 68.3 Å². The van der Waals surface area contributed by atoms with Crippen molar-refractivity contribution in [3.63, 3.8) is 0 Å². The molecule has 0 aliphatic carbocycles. The summed E-state index contributed by atoms with van der Waals surface area (Å²) in [4.78, 5) is 3.88. The zero-order valence-electron chi connectivity index (χ0n) is 9.80. The van der Waals surface area contributed by atoms with Gasteiger partial charge in [-0.05, 0) is 31.4 Å². The SMILES string of the molecule is O=S(=O)(NCC1CCCCO1)c1ccnc(Cl)c1. The third-order valence-electron chi connectivity index (χ3n) is 2.78.